The molecule has 25 heavy (non-hydrogen) atoms. The molecule has 0 amide bonds. The molecule has 0 spiro atoms. The number of non-ortho nitro benzene ring substituents is 1. The maximum Gasteiger partial charge on any atom is 0.269 e. The summed E-state index contributed by atoms with van der Waals surface area (Å²) in [7, 11) is 1.69. The van der Waals surface area contributed by atoms with Crippen molar-refractivity contribution in [1.82, 2.24) is 4.90 Å². The molecule has 1 saturated heterocycles. The van der Waals surface area contributed by atoms with Gasteiger partial charge in [-0.25, -0.2) is 0 Å². The van der Waals surface area contributed by atoms with Gasteiger partial charge in [-0.15, -0.1) is 0 Å². The average Bonchev–Trinajstić information content (AvgIpc) is 2.64. The van der Waals surface area contributed by atoms with E-state index >= 15 is 0 Å². The number of likely N-dealkylation sites (tertiary alicyclic amines) is 1. The lowest BCUT2D eigenvalue weighted by molar-refractivity contribution is -0.384. The third-order valence-electron chi connectivity index (χ3n) is 4.61. The van der Waals surface area contributed by atoms with Crippen LogP contribution in [0.25, 0.3) is 0 Å². The molecular weight excluding hydrogens is 318 g/mol. The van der Waals surface area contributed by atoms with Crippen molar-refractivity contribution in [1.29, 1.82) is 0 Å². The number of benzene rings is 2. The maximum atomic E-state index is 10.7. The summed E-state index contributed by atoms with van der Waals surface area (Å²) < 4.78 is 5.39. The lowest BCUT2D eigenvalue weighted by Crippen LogP contribution is -2.38. The number of hydrogen-bond donors (Lipinski definition) is 1. The van der Waals surface area contributed by atoms with E-state index in [1.165, 1.54) is 0 Å². The van der Waals surface area contributed by atoms with Gasteiger partial charge in [0.15, 0.2) is 0 Å². The van der Waals surface area contributed by atoms with Crippen molar-refractivity contribution in [2.45, 2.75) is 25.4 Å². The summed E-state index contributed by atoms with van der Waals surface area (Å²) in [6.07, 6.45) is 2.12. The van der Waals surface area contributed by atoms with Gasteiger partial charge in [-0.3, -0.25) is 15.0 Å². The molecule has 0 saturated carbocycles. The first kappa shape index (κ1) is 17.2. The highest BCUT2D eigenvalue weighted by molar-refractivity contribution is 5.56. The summed E-state index contributed by atoms with van der Waals surface area (Å²) in [6, 6.07) is 15.3. The largest absolute Gasteiger partial charge is 0.495 e. The van der Waals surface area contributed by atoms with Crippen LogP contribution >= 0.6 is 0 Å². The number of nitrogens with one attached hydrogen (secondary N) is 1. The van der Waals surface area contributed by atoms with Gasteiger partial charge in [-0.2, -0.15) is 0 Å². The second-order valence-corrected chi connectivity index (χ2v) is 6.32. The van der Waals surface area contributed by atoms with Gasteiger partial charge in [-0.05, 0) is 30.5 Å². The molecule has 1 heterocycles. The number of ether oxygens (including phenoxy) is 1. The van der Waals surface area contributed by atoms with E-state index in [9.17, 15) is 10.1 Å². The van der Waals surface area contributed by atoms with Crippen molar-refractivity contribution in [2.75, 3.05) is 25.5 Å². The number of nitro benzene ring substituents is 1. The molecular formula is C19H23N3O3. The number of anilines is 1. The number of hydrogen-bond acceptors (Lipinski definition) is 5. The van der Waals surface area contributed by atoms with Crippen molar-refractivity contribution in [2.24, 2.45) is 0 Å². The van der Waals surface area contributed by atoms with Crippen LogP contribution in [0.2, 0.25) is 0 Å². The van der Waals surface area contributed by atoms with Crippen molar-refractivity contribution in [3.05, 3.63) is 64.2 Å². The smallest absolute Gasteiger partial charge is 0.269 e. The zero-order valence-corrected chi connectivity index (χ0v) is 14.4. The Hall–Kier alpha value is -2.60. The molecule has 0 aromatic heterocycles. The summed E-state index contributed by atoms with van der Waals surface area (Å²) in [5.74, 6) is 0.871. The third-order valence-corrected chi connectivity index (χ3v) is 4.61. The Labute approximate surface area is 147 Å². The third kappa shape index (κ3) is 4.48. The minimum Gasteiger partial charge on any atom is -0.495 e. The molecule has 132 valence electrons. The van der Waals surface area contributed by atoms with E-state index in [0.717, 1.165) is 49.5 Å². The summed E-state index contributed by atoms with van der Waals surface area (Å²) in [5, 5.41) is 14.3. The predicted octanol–water partition coefficient (Wildman–Crippen LogP) is 3.68. The second-order valence-electron chi connectivity index (χ2n) is 6.32. The molecule has 1 N–H and O–H groups in total. The van der Waals surface area contributed by atoms with Gasteiger partial charge in [-0.1, -0.05) is 24.3 Å². The molecule has 0 radical (unpaired) electrons. The Morgan fingerprint density at radius 1 is 1.16 bits per heavy atom. The zero-order chi connectivity index (χ0) is 17.6. The monoisotopic (exact) mass is 341 g/mol. The minimum atomic E-state index is -0.362. The first-order valence-electron chi connectivity index (χ1n) is 8.51. The summed E-state index contributed by atoms with van der Waals surface area (Å²) in [4.78, 5) is 12.7. The lowest BCUT2D eigenvalue weighted by atomic mass is 10.0. The van der Waals surface area contributed by atoms with E-state index in [0.29, 0.717) is 6.04 Å². The van der Waals surface area contributed by atoms with Crippen LogP contribution < -0.4 is 10.1 Å². The molecule has 0 bridgehead atoms. The first-order valence-corrected chi connectivity index (χ1v) is 8.51. The van der Waals surface area contributed by atoms with Crippen molar-refractivity contribution < 1.29 is 9.66 Å². The van der Waals surface area contributed by atoms with Crippen LogP contribution in [0.3, 0.4) is 0 Å². The topological polar surface area (TPSA) is 67.6 Å². The van der Waals surface area contributed by atoms with Crippen LogP contribution in [0.5, 0.6) is 5.75 Å². The fourth-order valence-corrected chi connectivity index (χ4v) is 3.20. The molecule has 6 heteroatoms. The van der Waals surface area contributed by atoms with Crippen molar-refractivity contribution in [3.8, 4) is 5.75 Å². The van der Waals surface area contributed by atoms with Crippen molar-refractivity contribution in [3.63, 3.8) is 0 Å². The van der Waals surface area contributed by atoms with Gasteiger partial charge in [0.2, 0.25) is 0 Å². The van der Waals surface area contributed by atoms with E-state index in [-0.39, 0.29) is 10.6 Å². The number of para-hydroxylation sites is 2. The molecule has 2 aromatic rings. The van der Waals surface area contributed by atoms with Crippen LogP contribution in [0.4, 0.5) is 11.4 Å². The Bertz CT molecular complexity index is 710. The van der Waals surface area contributed by atoms with E-state index in [2.05, 4.69) is 10.2 Å². The fraction of sp³-hybridized carbons (Fsp3) is 0.368. The van der Waals surface area contributed by atoms with Crippen LogP contribution in [0.1, 0.15) is 18.4 Å². The first-order chi connectivity index (χ1) is 12.2. The van der Waals surface area contributed by atoms with Crippen LogP contribution in [0, 0.1) is 10.1 Å². The van der Waals surface area contributed by atoms with E-state index in [1.54, 1.807) is 19.2 Å². The number of piperidine rings is 1. The SMILES string of the molecule is COc1ccccc1NC1CCN(Cc2ccc([N+](=O)[O-])cc2)CC1. The quantitative estimate of drug-likeness (QED) is 0.641. The maximum absolute atomic E-state index is 10.7. The van der Waals surface area contributed by atoms with Gasteiger partial charge in [0.25, 0.3) is 5.69 Å². The molecule has 1 fully saturated rings. The number of nitrogens with zero attached hydrogens (tertiary/aromatic N) is 2. The number of nitro groups is 1. The number of methoxy groups -OCH3 is 1. The summed E-state index contributed by atoms with van der Waals surface area (Å²) >= 11 is 0. The average molecular weight is 341 g/mol. The van der Waals surface area contributed by atoms with E-state index < -0.39 is 0 Å². The Kier molecular flexibility index (Phi) is 5.50. The zero-order valence-electron chi connectivity index (χ0n) is 14.4. The molecule has 0 aliphatic carbocycles. The summed E-state index contributed by atoms with van der Waals surface area (Å²) in [5.41, 5.74) is 2.30. The lowest BCUT2D eigenvalue weighted by Gasteiger charge is -2.33. The molecule has 6 nitrogen and oxygen atoms in total. The fourth-order valence-electron chi connectivity index (χ4n) is 3.20. The van der Waals surface area contributed by atoms with Gasteiger partial charge < -0.3 is 10.1 Å². The molecule has 3 rings (SSSR count). The normalized spacial score (nSPS) is 15.7. The highest BCUT2D eigenvalue weighted by atomic mass is 16.6. The molecule has 2 aromatic carbocycles. The van der Waals surface area contributed by atoms with Gasteiger partial charge in [0.1, 0.15) is 5.75 Å². The van der Waals surface area contributed by atoms with E-state index in [4.69, 9.17) is 4.74 Å². The van der Waals surface area contributed by atoms with Gasteiger partial charge in [0, 0.05) is 37.8 Å². The molecule has 1 aliphatic heterocycles. The predicted molar refractivity (Wildman–Crippen MR) is 98.0 cm³/mol. The Morgan fingerprint density at radius 3 is 2.48 bits per heavy atom. The summed E-state index contributed by atoms with van der Waals surface area (Å²) in [6.45, 7) is 2.84. The highest BCUT2D eigenvalue weighted by Crippen LogP contribution is 2.26. The molecule has 0 unspecified atom stereocenters. The van der Waals surface area contributed by atoms with Crippen LogP contribution in [-0.4, -0.2) is 36.1 Å². The second kappa shape index (κ2) is 7.98. The molecule has 0 atom stereocenters. The van der Waals surface area contributed by atoms with Crippen LogP contribution in [0.15, 0.2) is 48.5 Å². The molecule has 1 aliphatic rings. The Balaban J connectivity index is 1.51. The van der Waals surface area contributed by atoms with E-state index in [1.807, 2.05) is 36.4 Å². The highest BCUT2D eigenvalue weighted by Gasteiger charge is 2.20. The minimum absolute atomic E-state index is 0.142. The van der Waals surface area contributed by atoms with Crippen LogP contribution in [-0.2, 0) is 6.54 Å². The van der Waals surface area contributed by atoms with Gasteiger partial charge >= 0.3 is 0 Å². The standard InChI is InChI=1S/C19H23N3O3/c1-25-19-5-3-2-4-18(19)20-16-10-12-21(13-11-16)14-15-6-8-17(9-7-15)22(23)24/h2-9,16,20H,10-14H2,1H3. The van der Waals surface area contributed by atoms with Gasteiger partial charge in [0.05, 0.1) is 17.7 Å². The number of rotatable bonds is 6. The van der Waals surface area contributed by atoms with Crippen molar-refractivity contribution >= 4 is 11.4 Å². The Morgan fingerprint density at radius 2 is 1.84 bits per heavy atom.